The molecule has 1 N–H and O–H groups in total. The summed E-state index contributed by atoms with van der Waals surface area (Å²) < 4.78 is 2.69. The maximum Gasteiger partial charge on any atom is 0.0787 e. The lowest BCUT2D eigenvalue weighted by Gasteiger charge is -2.09. The van der Waals surface area contributed by atoms with Gasteiger partial charge in [0.05, 0.1) is 11.8 Å². The van der Waals surface area contributed by atoms with Gasteiger partial charge in [-0.15, -0.1) is 0 Å². The number of nitrogens with zero attached hydrogens (tertiary/aromatic N) is 2. The van der Waals surface area contributed by atoms with Crippen LogP contribution in [0.25, 0.3) is 5.69 Å². The third-order valence-electron chi connectivity index (χ3n) is 2.21. The molecular formula is C11H11BrN2O. The smallest absolute Gasteiger partial charge is 0.0787 e. The number of rotatable bonds is 2. The van der Waals surface area contributed by atoms with Crippen LogP contribution in [0.4, 0.5) is 0 Å². The lowest BCUT2D eigenvalue weighted by Crippen LogP contribution is -1.98. The molecule has 0 radical (unpaired) electrons. The van der Waals surface area contributed by atoms with Crippen molar-refractivity contribution < 1.29 is 5.11 Å². The number of aliphatic hydroxyl groups is 1. The summed E-state index contributed by atoms with van der Waals surface area (Å²) in [6.45, 7) is 1.75. The molecule has 15 heavy (non-hydrogen) atoms. The minimum Gasteiger partial charge on any atom is -0.389 e. The number of aliphatic hydroxyl groups excluding tert-OH is 1. The SMILES string of the molecule is C[C@H](O)c1ccc(-n2cccn2)c(Br)c1. The first-order valence-corrected chi connectivity index (χ1v) is 5.45. The topological polar surface area (TPSA) is 38.0 Å². The second kappa shape index (κ2) is 4.16. The zero-order valence-electron chi connectivity index (χ0n) is 8.26. The van der Waals surface area contributed by atoms with Gasteiger partial charge in [0.2, 0.25) is 0 Å². The van der Waals surface area contributed by atoms with Gasteiger partial charge in [-0.3, -0.25) is 0 Å². The molecule has 0 saturated carbocycles. The number of aromatic nitrogens is 2. The summed E-state index contributed by atoms with van der Waals surface area (Å²) in [5.74, 6) is 0. The number of hydrogen-bond acceptors (Lipinski definition) is 2. The highest BCUT2D eigenvalue weighted by Crippen LogP contribution is 2.24. The van der Waals surface area contributed by atoms with Crippen LogP contribution >= 0.6 is 15.9 Å². The lowest BCUT2D eigenvalue weighted by atomic mass is 10.1. The molecule has 0 bridgehead atoms. The van der Waals surface area contributed by atoms with E-state index >= 15 is 0 Å². The van der Waals surface area contributed by atoms with Gasteiger partial charge in [0.15, 0.2) is 0 Å². The quantitative estimate of drug-likeness (QED) is 0.908. The Balaban J connectivity index is 2.44. The predicted octanol–water partition coefficient (Wildman–Crippen LogP) is 2.69. The van der Waals surface area contributed by atoms with Gasteiger partial charge in [-0.25, -0.2) is 4.68 Å². The second-order valence-corrected chi connectivity index (χ2v) is 4.19. The third kappa shape index (κ3) is 2.11. The normalized spacial score (nSPS) is 12.7. The number of halogens is 1. The number of hydrogen-bond donors (Lipinski definition) is 1. The van der Waals surface area contributed by atoms with Crippen molar-refractivity contribution in [3.05, 3.63) is 46.7 Å². The second-order valence-electron chi connectivity index (χ2n) is 3.34. The average molecular weight is 267 g/mol. The zero-order valence-corrected chi connectivity index (χ0v) is 9.85. The van der Waals surface area contributed by atoms with Gasteiger partial charge < -0.3 is 5.11 Å². The molecule has 0 aliphatic heterocycles. The summed E-state index contributed by atoms with van der Waals surface area (Å²) in [7, 11) is 0. The zero-order chi connectivity index (χ0) is 10.8. The van der Waals surface area contributed by atoms with Crippen LogP contribution in [0.5, 0.6) is 0 Å². The van der Waals surface area contributed by atoms with Crippen molar-refractivity contribution in [2.24, 2.45) is 0 Å². The van der Waals surface area contributed by atoms with Crippen LogP contribution < -0.4 is 0 Å². The van der Waals surface area contributed by atoms with Crippen molar-refractivity contribution in [1.82, 2.24) is 9.78 Å². The summed E-state index contributed by atoms with van der Waals surface area (Å²) in [4.78, 5) is 0. The third-order valence-corrected chi connectivity index (χ3v) is 2.84. The molecule has 4 heteroatoms. The largest absolute Gasteiger partial charge is 0.389 e. The maximum atomic E-state index is 9.43. The van der Waals surface area contributed by atoms with Crippen LogP contribution in [-0.4, -0.2) is 14.9 Å². The highest BCUT2D eigenvalue weighted by Gasteiger charge is 2.06. The summed E-state index contributed by atoms with van der Waals surface area (Å²) in [6.07, 6.45) is 3.16. The average Bonchev–Trinajstić information content (AvgIpc) is 2.70. The molecule has 1 aromatic heterocycles. The minimum absolute atomic E-state index is 0.451. The Bertz CT molecular complexity index is 452. The Morgan fingerprint density at radius 1 is 1.47 bits per heavy atom. The van der Waals surface area contributed by atoms with Crippen LogP contribution in [0.2, 0.25) is 0 Å². The van der Waals surface area contributed by atoms with Crippen LogP contribution in [0, 0.1) is 0 Å². The molecule has 0 fully saturated rings. The summed E-state index contributed by atoms with van der Waals surface area (Å²) in [6, 6.07) is 7.60. The monoisotopic (exact) mass is 266 g/mol. The highest BCUT2D eigenvalue weighted by molar-refractivity contribution is 9.10. The molecule has 0 aliphatic rings. The first-order chi connectivity index (χ1) is 7.18. The van der Waals surface area contributed by atoms with Crippen LogP contribution in [0.1, 0.15) is 18.6 Å². The van der Waals surface area contributed by atoms with Gasteiger partial charge >= 0.3 is 0 Å². The molecule has 1 heterocycles. The van der Waals surface area contributed by atoms with E-state index in [4.69, 9.17) is 0 Å². The lowest BCUT2D eigenvalue weighted by molar-refractivity contribution is 0.199. The van der Waals surface area contributed by atoms with Crippen molar-refractivity contribution in [3.63, 3.8) is 0 Å². The predicted molar refractivity (Wildman–Crippen MR) is 61.9 cm³/mol. The van der Waals surface area contributed by atoms with Crippen molar-refractivity contribution >= 4 is 15.9 Å². The van der Waals surface area contributed by atoms with E-state index < -0.39 is 6.10 Å². The highest BCUT2D eigenvalue weighted by atomic mass is 79.9. The standard InChI is InChI=1S/C11H11BrN2O/c1-8(15)9-3-4-11(10(12)7-9)14-6-2-5-13-14/h2-8,15H,1H3/t8-/m0/s1. The van der Waals surface area contributed by atoms with Crippen LogP contribution in [-0.2, 0) is 0 Å². The van der Waals surface area contributed by atoms with Crippen molar-refractivity contribution in [2.75, 3.05) is 0 Å². The van der Waals surface area contributed by atoms with E-state index in [2.05, 4.69) is 21.0 Å². The summed E-state index contributed by atoms with van der Waals surface area (Å²) >= 11 is 3.46. The van der Waals surface area contributed by atoms with Gasteiger partial charge in [0, 0.05) is 16.9 Å². The fourth-order valence-corrected chi connectivity index (χ4v) is 1.96. The van der Waals surface area contributed by atoms with Crippen LogP contribution in [0.3, 0.4) is 0 Å². The Morgan fingerprint density at radius 3 is 2.80 bits per heavy atom. The maximum absolute atomic E-state index is 9.43. The van der Waals surface area contributed by atoms with Crippen molar-refractivity contribution in [2.45, 2.75) is 13.0 Å². The molecule has 0 saturated heterocycles. The van der Waals surface area contributed by atoms with Crippen molar-refractivity contribution in [1.29, 1.82) is 0 Å². The van der Waals surface area contributed by atoms with E-state index in [0.29, 0.717) is 0 Å². The van der Waals surface area contributed by atoms with Gasteiger partial charge in [-0.05, 0) is 46.6 Å². The van der Waals surface area contributed by atoms with Crippen LogP contribution in [0.15, 0.2) is 41.1 Å². The molecule has 0 spiro atoms. The van der Waals surface area contributed by atoms with E-state index in [9.17, 15) is 5.11 Å². The Labute approximate surface area is 96.5 Å². The Hall–Kier alpha value is -1.13. The van der Waals surface area contributed by atoms with E-state index in [1.807, 2.05) is 30.5 Å². The molecule has 3 nitrogen and oxygen atoms in total. The fraction of sp³-hybridized carbons (Fsp3) is 0.182. The van der Waals surface area contributed by atoms with Gasteiger partial charge in [-0.1, -0.05) is 6.07 Å². The summed E-state index contributed by atoms with van der Waals surface area (Å²) in [5.41, 5.74) is 1.85. The molecule has 1 aromatic carbocycles. The fourth-order valence-electron chi connectivity index (χ4n) is 1.38. The number of benzene rings is 1. The molecule has 0 amide bonds. The van der Waals surface area contributed by atoms with E-state index in [1.54, 1.807) is 17.8 Å². The minimum atomic E-state index is -0.451. The van der Waals surface area contributed by atoms with E-state index in [1.165, 1.54) is 0 Å². The Morgan fingerprint density at radius 2 is 2.27 bits per heavy atom. The van der Waals surface area contributed by atoms with Gasteiger partial charge in [0.1, 0.15) is 0 Å². The van der Waals surface area contributed by atoms with E-state index in [0.717, 1.165) is 15.7 Å². The molecule has 0 unspecified atom stereocenters. The van der Waals surface area contributed by atoms with Crippen molar-refractivity contribution in [3.8, 4) is 5.69 Å². The molecule has 2 rings (SSSR count). The summed E-state index contributed by atoms with van der Waals surface area (Å²) in [5, 5.41) is 13.6. The van der Waals surface area contributed by atoms with Gasteiger partial charge in [0.25, 0.3) is 0 Å². The molecule has 2 aromatic rings. The van der Waals surface area contributed by atoms with E-state index in [-0.39, 0.29) is 0 Å². The molecule has 0 aliphatic carbocycles. The molecular weight excluding hydrogens is 256 g/mol. The first kappa shape index (κ1) is 10.4. The Kier molecular flexibility index (Phi) is 2.88. The molecule has 78 valence electrons. The first-order valence-electron chi connectivity index (χ1n) is 4.66. The molecule has 1 atom stereocenters. The van der Waals surface area contributed by atoms with Gasteiger partial charge in [-0.2, -0.15) is 5.10 Å².